The van der Waals surface area contributed by atoms with E-state index in [0.717, 1.165) is 0 Å². The fourth-order valence-corrected chi connectivity index (χ4v) is 1.55. The standard InChI is InChI=1S/C14H19NO5/c1-9(2)13(14(17)18)15-12(16)8-20-11-6-4-10(19-3)5-7-11/h4-7,9,13H,8H2,1-3H3,(H,15,16)(H,17,18)/t13-/m0/s1. The van der Waals surface area contributed by atoms with Crippen LogP contribution in [-0.4, -0.2) is 36.7 Å². The fourth-order valence-electron chi connectivity index (χ4n) is 1.55. The molecule has 0 bridgehead atoms. The minimum Gasteiger partial charge on any atom is -0.497 e. The number of methoxy groups -OCH3 is 1. The molecule has 6 nitrogen and oxygen atoms in total. The molecule has 0 aliphatic heterocycles. The summed E-state index contributed by atoms with van der Waals surface area (Å²) in [5.41, 5.74) is 0. The molecule has 2 N–H and O–H groups in total. The predicted octanol–water partition coefficient (Wildman–Crippen LogP) is 1.30. The summed E-state index contributed by atoms with van der Waals surface area (Å²) in [6.45, 7) is 3.22. The Balaban J connectivity index is 2.47. The number of rotatable bonds is 7. The number of nitrogens with one attached hydrogen (secondary N) is 1. The van der Waals surface area contributed by atoms with Gasteiger partial charge in [-0.25, -0.2) is 4.79 Å². The monoisotopic (exact) mass is 281 g/mol. The molecule has 20 heavy (non-hydrogen) atoms. The number of carbonyl (C=O) groups is 2. The van der Waals surface area contributed by atoms with Gasteiger partial charge in [-0.2, -0.15) is 0 Å². The molecule has 0 saturated heterocycles. The number of hydrogen-bond donors (Lipinski definition) is 2. The Morgan fingerprint density at radius 1 is 1.20 bits per heavy atom. The summed E-state index contributed by atoms with van der Waals surface area (Å²) in [6, 6.07) is 5.84. The highest BCUT2D eigenvalue weighted by Crippen LogP contribution is 2.16. The highest BCUT2D eigenvalue weighted by atomic mass is 16.5. The minimum atomic E-state index is -1.06. The molecule has 0 heterocycles. The molecule has 0 radical (unpaired) electrons. The molecule has 1 rings (SSSR count). The Hall–Kier alpha value is -2.24. The van der Waals surface area contributed by atoms with E-state index in [-0.39, 0.29) is 12.5 Å². The van der Waals surface area contributed by atoms with Gasteiger partial charge in [-0.15, -0.1) is 0 Å². The number of carbonyl (C=O) groups excluding carboxylic acids is 1. The maximum absolute atomic E-state index is 11.6. The molecule has 0 spiro atoms. The molecule has 6 heteroatoms. The van der Waals surface area contributed by atoms with Crippen LogP contribution >= 0.6 is 0 Å². The van der Waals surface area contributed by atoms with Crippen molar-refractivity contribution in [3.05, 3.63) is 24.3 Å². The summed E-state index contributed by atoms with van der Waals surface area (Å²) in [6.07, 6.45) is 0. The van der Waals surface area contributed by atoms with Crippen molar-refractivity contribution < 1.29 is 24.2 Å². The maximum Gasteiger partial charge on any atom is 0.326 e. The second-order valence-corrected chi connectivity index (χ2v) is 4.59. The van der Waals surface area contributed by atoms with Gasteiger partial charge in [0.1, 0.15) is 17.5 Å². The van der Waals surface area contributed by atoms with Crippen LogP contribution in [0.4, 0.5) is 0 Å². The zero-order valence-electron chi connectivity index (χ0n) is 11.8. The zero-order valence-corrected chi connectivity index (χ0v) is 11.8. The molecule has 0 aliphatic rings. The van der Waals surface area contributed by atoms with E-state index >= 15 is 0 Å². The SMILES string of the molecule is COc1ccc(OCC(=O)N[C@H](C(=O)O)C(C)C)cc1. The smallest absolute Gasteiger partial charge is 0.326 e. The predicted molar refractivity (Wildman–Crippen MR) is 72.9 cm³/mol. The van der Waals surface area contributed by atoms with E-state index < -0.39 is 17.9 Å². The average molecular weight is 281 g/mol. The van der Waals surface area contributed by atoms with Crippen molar-refractivity contribution in [2.24, 2.45) is 5.92 Å². The van der Waals surface area contributed by atoms with Gasteiger partial charge in [-0.3, -0.25) is 4.79 Å². The minimum absolute atomic E-state index is 0.197. The number of amides is 1. The van der Waals surface area contributed by atoms with E-state index in [1.54, 1.807) is 45.2 Å². The lowest BCUT2D eigenvalue weighted by molar-refractivity contribution is -0.143. The summed E-state index contributed by atoms with van der Waals surface area (Å²) in [7, 11) is 1.56. The Bertz CT molecular complexity index is 455. The van der Waals surface area contributed by atoms with Gasteiger partial charge in [-0.05, 0) is 30.2 Å². The van der Waals surface area contributed by atoms with Crippen LogP contribution in [0, 0.1) is 5.92 Å². The Morgan fingerprint density at radius 3 is 2.20 bits per heavy atom. The summed E-state index contributed by atoms with van der Waals surface area (Å²) >= 11 is 0. The summed E-state index contributed by atoms with van der Waals surface area (Å²) < 4.78 is 10.3. The van der Waals surface area contributed by atoms with Crippen molar-refractivity contribution in [3.63, 3.8) is 0 Å². The molecule has 0 unspecified atom stereocenters. The second kappa shape index (κ2) is 7.37. The zero-order chi connectivity index (χ0) is 15.1. The van der Waals surface area contributed by atoms with Gasteiger partial charge >= 0.3 is 5.97 Å². The maximum atomic E-state index is 11.6. The first kappa shape index (κ1) is 15.8. The number of benzene rings is 1. The van der Waals surface area contributed by atoms with Crippen molar-refractivity contribution in [2.75, 3.05) is 13.7 Å². The number of aliphatic carboxylic acids is 1. The van der Waals surface area contributed by atoms with Crippen LogP contribution < -0.4 is 14.8 Å². The van der Waals surface area contributed by atoms with Crippen LogP contribution in [0.25, 0.3) is 0 Å². The van der Waals surface area contributed by atoms with Gasteiger partial charge in [0.25, 0.3) is 5.91 Å². The first-order chi connectivity index (χ1) is 9.43. The lowest BCUT2D eigenvalue weighted by Gasteiger charge is -2.17. The Labute approximate surface area is 117 Å². The third kappa shape index (κ3) is 4.79. The fraction of sp³-hybridized carbons (Fsp3) is 0.429. The normalized spacial score (nSPS) is 11.8. The summed E-state index contributed by atoms with van der Waals surface area (Å²) in [5.74, 6) is -0.526. The number of ether oxygens (including phenoxy) is 2. The lowest BCUT2D eigenvalue weighted by atomic mass is 10.1. The number of carboxylic acids is 1. The highest BCUT2D eigenvalue weighted by Gasteiger charge is 2.23. The number of hydrogen-bond acceptors (Lipinski definition) is 4. The van der Waals surface area contributed by atoms with E-state index in [2.05, 4.69) is 5.32 Å². The van der Waals surface area contributed by atoms with Crippen molar-refractivity contribution in [2.45, 2.75) is 19.9 Å². The molecule has 0 aromatic heterocycles. The molecule has 0 fully saturated rings. The van der Waals surface area contributed by atoms with E-state index in [9.17, 15) is 9.59 Å². The molecule has 0 saturated carbocycles. The van der Waals surface area contributed by atoms with Gasteiger partial charge in [0, 0.05) is 0 Å². The molecule has 1 aromatic carbocycles. The first-order valence-electron chi connectivity index (χ1n) is 6.23. The van der Waals surface area contributed by atoms with Crippen LogP contribution in [0.15, 0.2) is 24.3 Å². The van der Waals surface area contributed by atoms with Gasteiger partial charge in [0.15, 0.2) is 6.61 Å². The molecular formula is C14H19NO5. The van der Waals surface area contributed by atoms with E-state index in [1.807, 2.05) is 0 Å². The summed E-state index contributed by atoms with van der Waals surface area (Å²) in [5, 5.41) is 11.4. The van der Waals surface area contributed by atoms with Gasteiger partial charge in [-0.1, -0.05) is 13.8 Å². The lowest BCUT2D eigenvalue weighted by Crippen LogP contribution is -2.46. The molecule has 1 atom stereocenters. The van der Waals surface area contributed by atoms with Crippen LogP contribution in [0.2, 0.25) is 0 Å². The van der Waals surface area contributed by atoms with Crippen molar-refractivity contribution in [1.82, 2.24) is 5.32 Å². The van der Waals surface area contributed by atoms with E-state index in [1.165, 1.54) is 0 Å². The molecule has 0 aliphatic carbocycles. The third-order valence-corrected chi connectivity index (χ3v) is 2.68. The van der Waals surface area contributed by atoms with E-state index in [4.69, 9.17) is 14.6 Å². The van der Waals surface area contributed by atoms with Crippen molar-refractivity contribution >= 4 is 11.9 Å². The van der Waals surface area contributed by atoms with Gasteiger partial charge in [0.05, 0.1) is 7.11 Å². The van der Waals surface area contributed by atoms with Crippen molar-refractivity contribution in [1.29, 1.82) is 0 Å². The summed E-state index contributed by atoms with van der Waals surface area (Å²) in [4.78, 5) is 22.6. The molecular weight excluding hydrogens is 262 g/mol. The van der Waals surface area contributed by atoms with Crippen LogP contribution in [-0.2, 0) is 9.59 Å². The Morgan fingerprint density at radius 2 is 1.75 bits per heavy atom. The highest BCUT2D eigenvalue weighted by molar-refractivity contribution is 5.84. The third-order valence-electron chi connectivity index (χ3n) is 2.68. The molecule has 110 valence electrons. The Kier molecular flexibility index (Phi) is 5.83. The van der Waals surface area contributed by atoms with Gasteiger partial charge < -0.3 is 19.9 Å². The van der Waals surface area contributed by atoms with Crippen LogP contribution in [0.1, 0.15) is 13.8 Å². The van der Waals surface area contributed by atoms with E-state index in [0.29, 0.717) is 11.5 Å². The van der Waals surface area contributed by atoms with Crippen LogP contribution in [0.3, 0.4) is 0 Å². The topological polar surface area (TPSA) is 84.9 Å². The largest absolute Gasteiger partial charge is 0.497 e. The molecule has 1 aromatic rings. The van der Waals surface area contributed by atoms with Gasteiger partial charge in [0.2, 0.25) is 0 Å². The average Bonchev–Trinajstić information content (AvgIpc) is 2.42. The first-order valence-corrected chi connectivity index (χ1v) is 6.23. The quantitative estimate of drug-likeness (QED) is 0.787. The van der Waals surface area contributed by atoms with Crippen LogP contribution in [0.5, 0.6) is 11.5 Å². The second-order valence-electron chi connectivity index (χ2n) is 4.59. The molecule has 1 amide bonds. The van der Waals surface area contributed by atoms with Crippen molar-refractivity contribution in [3.8, 4) is 11.5 Å². The number of carboxylic acid groups (broad SMARTS) is 1.